The Bertz CT molecular complexity index is 513. The zero-order chi connectivity index (χ0) is 15.3. The van der Waals surface area contributed by atoms with Crippen LogP contribution >= 0.6 is 31.9 Å². The molecule has 1 aliphatic carbocycles. The lowest BCUT2D eigenvalue weighted by Gasteiger charge is -2.16. The molecule has 3 nitrogen and oxygen atoms in total. The summed E-state index contributed by atoms with van der Waals surface area (Å²) < 4.78 is 7.88. The van der Waals surface area contributed by atoms with Crippen molar-refractivity contribution in [3.8, 4) is 11.8 Å². The average Bonchev–Trinajstić information content (AvgIpc) is 3.18. The highest BCUT2D eigenvalue weighted by atomic mass is 79.9. The molecule has 0 atom stereocenters. The van der Waals surface area contributed by atoms with Crippen LogP contribution in [0.2, 0.25) is 0 Å². The maximum absolute atomic E-state index is 8.86. The zero-order valence-corrected chi connectivity index (χ0v) is 15.4. The highest BCUT2D eigenvalue weighted by Gasteiger charge is 2.43. The normalized spacial score (nSPS) is 15.5. The molecule has 0 unspecified atom stereocenters. The first-order valence-electron chi connectivity index (χ1n) is 7.28. The van der Waals surface area contributed by atoms with Crippen molar-refractivity contribution in [2.45, 2.75) is 39.2 Å². The maximum atomic E-state index is 8.86. The Morgan fingerprint density at radius 1 is 1.33 bits per heavy atom. The summed E-state index contributed by atoms with van der Waals surface area (Å²) in [5, 5.41) is 12.2. The van der Waals surface area contributed by atoms with Crippen LogP contribution < -0.4 is 10.1 Å². The van der Waals surface area contributed by atoms with E-state index < -0.39 is 0 Å². The number of benzene rings is 1. The van der Waals surface area contributed by atoms with Crippen molar-refractivity contribution in [3.63, 3.8) is 0 Å². The highest BCUT2D eigenvalue weighted by Crippen LogP contribution is 2.49. The van der Waals surface area contributed by atoms with Gasteiger partial charge in [0.25, 0.3) is 0 Å². The minimum absolute atomic E-state index is 0.0922. The van der Waals surface area contributed by atoms with Crippen molar-refractivity contribution >= 4 is 31.9 Å². The van der Waals surface area contributed by atoms with Gasteiger partial charge in [0, 0.05) is 18.4 Å². The van der Waals surface area contributed by atoms with Gasteiger partial charge in [-0.15, -0.1) is 0 Å². The molecule has 1 N–H and O–H groups in total. The number of ether oxygens (including phenoxy) is 1. The molecule has 1 aromatic rings. The molecular formula is C16H20Br2N2O. The quantitative estimate of drug-likeness (QED) is 0.621. The van der Waals surface area contributed by atoms with Crippen LogP contribution in [-0.4, -0.2) is 13.2 Å². The van der Waals surface area contributed by atoms with E-state index in [0.717, 1.165) is 47.0 Å². The van der Waals surface area contributed by atoms with Gasteiger partial charge < -0.3 is 10.1 Å². The van der Waals surface area contributed by atoms with Gasteiger partial charge in [-0.1, -0.05) is 6.92 Å². The minimum Gasteiger partial charge on any atom is -0.491 e. The van der Waals surface area contributed by atoms with Crippen LogP contribution in [0.4, 0.5) is 0 Å². The van der Waals surface area contributed by atoms with E-state index in [1.54, 1.807) is 0 Å². The van der Waals surface area contributed by atoms with Gasteiger partial charge in [-0.05, 0) is 75.4 Å². The maximum Gasteiger partial charge on any atom is 0.147 e. The second-order valence-electron chi connectivity index (χ2n) is 5.69. The van der Waals surface area contributed by atoms with Gasteiger partial charge in [0.05, 0.1) is 21.6 Å². The summed E-state index contributed by atoms with van der Waals surface area (Å²) >= 11 is 7.17. The van der Waals surface area contributed by atoms with Crippen molar-refractivity contribution in [1.82, 2.24) is 5.32 Å². The van der Waals surface area contributed by atoms with Crippen molar-refractivity contribution in [2.24, 2.45) is 5.41 Å². The molecule has 0 amide bonds. The van der Waals surface area contributed by atoms with E-state index in [-0.39, 0.29) is 5.41 Å². The van der Waals surface area contributed by atoms with Gasteiger partial charge in [0.2, 0.25) is 0 Å². The Balaban J connectivity index is 1.99. The van der Waals surface area contributed by atoms with Crippen LogP contribution in [-0.2, 0) is 6.54 Å². The smallest absolute Gasteiger partial charge is 0.147 e. The second-order valence-corrected chi connectivity index (χ2v) is 7.40. The molecular weight excluding hydrogens is 396 g/mol. The van der Waals surface area contributed by atoms with E-state index in [4.69, 9.17) is 10.00 Å². The summed E-state index contributed by atoms with van der Waals surface area (Å²) in [4.78, 5) is 0. The summed E-state index contributed by atoms with van der Waals surface area (Å²) in [7, 11) is 0. The lowest BCUT2D eigenvalue weighted by molar-refractivity contribution is 0.234. The highest BCUT2D eigenvalue weighted by molar-refractivity contribution is 9.11. The number of nitrogens with one attached hydrogen (secondary N) is 1. The fraction of sp³-hybridized carbons (Fsp3) is 0.562. The molecule has 0 heterocycles. The third-order valence-electron chi connectivity index (χ3n) is 3.75. The molecule has 1 aromatic carbocycles. The Morgan fingerprint density at radius 3 is 2.52 bits per heavy atom. The van der Waals surface area contributed by atoms with Crippen LogP contribution in [0.5, 0.6) is 5.75 Å². The predicted molar refractivity (Wildman–Crippen MR) is 91.2 cm³/mol. The Labute approximate surface area is 143 Å². The fourth-order valence-corrected chi connectivity index (χ4v) is 3.71. The van der Waals surface area contributed by atoms with E-state index in [0.29, 0.717) is 13.0 Å². The van der Waals surface area contributed by atoms with Crippen LogP contribution in [0.25, 0.3) is 0 Å². The second kappa shape index (κ2) is 7.62. The van der Waals surface area contributed by atoms with Crippen LogP contribution in [0.1, 0.15) is 38.2 Å². The fourth-order valence-electron chi connectivity index (χ4n) is 2.20. The van der Waals surface area contributed by atoms with Crippen molar-refractivity contribution in [1.29, 1.82) is 5.26 Å². The monoisotopic (exact) mass is 414 g/mol. The lowest BCUT2D eigenvalue weighted by Crippen LogP contribution is -2.15. The molecule has 0 bridgehead atoms. The number of rotatable bonds is 8. The summed E-state index contributed by atoms with van der Waals surface area (Å²) in [5.74, 6) is 0.832. The van der Waals surface area contributed by atoms with E-state index >= 15 is 0 Å². The summed E-state index contributed by atoms with van der Waals surface area (Å²) in [6.45, 7) is 4.64. The molecule has 21 heavy (non-hydrogen) atoms. The number of hydrogen-bond donors (Lipinski definition) is 1. The van der Waals surface area contributed by atoms with E-state index in [1.807, 2.05) is 0 Å². The van der Waals surface area contributed by atoms with Gasteiger partial charge >= 0.3 is 0 Å². The predicted octanol–water partition coefficient (Wildman–Crippen LogP) is 4.78. The van der Waals surface area contributed by atoms with Gasteiger partial charge in [0.1, 0.15) is 5.75 Å². The van der Waals surface area contributed by atoms with Crippen molar-refractivity contribution < 1.29 is 4.74 Å². The number of halogens is 2. The van der Waals surface area contributed by atoms with Gasteiger partial charge in [-0.2, -0.15) is 5.26 Å². The average molecular weight is 416 g/mol. The molecule has 5 heteroatoms. The Hall–Kier alpha value is -0.570. The first kappa shape index (κ1) is 16.8. The van der Waals surface area contributed by atoms with Gasteiger partial charge in [0.15, 0.2) is 0 Å². The van der Waals surface area contributed by atoms with E-state index in [2.05, 4.69) is 62.3 Å². The summed E-state index contributed by atoms with van der Waals surface area (Å²) in [5.41, 5.74) is 1.31. The largest absolute Gasteiger partial charge is 0.491 e. The first-order valence-corrected chi connectivity index (χ1v) is 8.87. The molecule has 1 fully saturated rings. The van der Waals surface area contributed by atoms with Crippen LogP contribution in [0.3, 0.4) is 0 Å². The third-order valence-corrected chi connectivity index (χ3v) is 4.93. The standard InChI is InChI=1S/C16H20Br2N2O/c1-2-7-20-10-12-8-13(17)15(14(18)9-12)21-11-16(3-4-16)5-6-19/h8-9,20H,2-5,7,10-11H2,1H3. The van der Waals surface area contributed by atoms with Crippen molar-refractivity contribution in [2.75, 3.05) is 13.2 Å². The number of nitriles is 1. The summed E-state index contributed by atoms with van der Waals surface area (Å²) in [6.07, 6.45) is 3.90. The molecule has 0 spiro atoms. The van der Waals surface area contributed by atoms with E-state index in [1.165, 1.54) is 5.56 Å². The molecule has 1 aliphatic rings. The Kier molecular flexibility index (Phi) is 6.09. The lowest BCUT2D eigenvalue weighted by atomic mass is 10.1. The molecule has 2 rings (SSSR count). The Morgan fingerprint density at radius 2 is 2.00 bits per heavy atom. The first-order chi connectivity index (χ1) is 10.1. The third kappa shape index (κ3) is 4.70. The SMILES string of the molecule is CCCNCc1cc(Br)c(OCC2(CC#N)CC2)c(Br)c1. The molecule has 1 saturated carbocycles. The van der Waals surface area contributed by atoms with Crippen LogP contribution in [0, 0.1) is 16.7 Å². The molecule has 0 saturated heterocycles. The van der Waals surface area contributed by atoms with Gasteiger partial charge in [-0.25, -0.2) is 0 Å². The molecule has 0 aromatic heterocycles. The zero-order valence-electron chi connectivity index (χ0n) is 12.2. The van der Waals surface area contributed by atoms with Crippen molar-refractivity contribution in [3.05, 3.63) is 26.6 Å². The molecule has 114 valence electrons. The molecule has 0 radical (unpaired) electrons. The summed E-state index contributed by atoms with van der Waals surface area (Å²) in [6, 6.07) is 6.44. The van der Waals surface area contributed by atoms with E-state index in [9.17, 15) is 0 Å². The van der Waals surface area contributed by atoms with Gasteiger partial charge in [-0.3, -0.25) is 0 Å². The minimum atomic E-state index is 0.0922. The van der Waals surface area contributed by atoms with Crippen LogP contribution in [0.15, 0.2) is 21.1 Å². The molecule has 0 aliphatic heterocycles. The topological polar surface area (TPSA) is 45.0 Å². The number of hydrogen-bond acceptors (Lipinski definition) is 3. The number of nitrogens with zero attached hydrogens (tertiary/aromatic N) is 1.